The molecule has 0 bridgehead atoms. The van der Waals surface area contributed by atoms with Crippen LogP contribution in [0.5, 0.6) is 5.75 Å². The number of methoxy groups -OCH3 is 1. The van der Waals surface area contributed by atoms with Gasteiger partial charge in [0.2, 0.25) is 17.7 Å². The second-order valence-corrected chi connectivity index (χ2v) is 7.38. The minimum Gasteiger partial charge on any atom is -0.497 e. The van der Waals surface area contributed by atoms with Gasteiger partial charge in [-0.2, -0.15) is 0 Å². The highest BCUT2D eigenvalue weighted by Gasteiger charge is 2.32. The van der Waals surface area contributed by atoms with Gasteiger partial charge >= 0.3 is 0 Å². The van der Waals surface area contributed by atoms with Crippen LogP contribution in [0.1, 0.15) is 43.1 Å². The van der Waals surface area contributed by atoms with Crippen LogP contribution < -0.4 is 10.1 Å². The fourth-order valence-corrected chi connectivity index (χ4v) is 4.03. The average Bonchev–Trinajstić information content (AvgIpc) is 3.46. The summed E-state index contributed by atoms with van der Waals surface area (Å²) in [5.41, 5.74) is 1.88. The normalized spacial score (nSPS) is 15.2. The lowest BCUT2D eigenvalue weighted by molar-refractivity contribution is -0.124. The lowest BCUT2D eigenvalue weighted by Crippen LogP contribution is -2.32. The number of aromatic nitrogens is 2. The third-order valence-corrected chi connectivity index (χ3v) is 5.53. The van der Waals surface area contributed by atoms with Crippen molar-refractivity contribution in [3.63, 3.8) is 0 Å². The van der Waals surface area contributed by atoms with Gasteiger partial charge in [0, 0.05) is 5.56 Å². The van der Waals surface area contributed by atoms with Crippen molar-refractivity contribution in [1.29, 1.82) is 0 Å². The maximum atomic E-state index is 13.1. The summed E-state index contributed by atoms with van der Waals surface area (Å²) < 4.78 is 11.0. The van der Waals surface area contributed by atoms with E-state index in [1.54, 1.807) is 7.11 Å². The molecular formula is C23H25N3O3. The fraction of sp³-hybridized carbons (Fsp3) is 0.348. The van der Waals surface area contributed by atoms with Crippen LogP contribution in [0.4, 0.5) is 0 Å². The lowest BCUT2D eigenvalue weighted by Gasteiger charge is -2.23. The molecule has 1 atom stereocenters. The van der Waals surface area contributed by atoms with Crippen LogP contribution in [0.2, 0.25) is 0 Å². The molecule has 150 valence electrons. The maximum Gasteiger partial charge on any atom is 0.247 e. The Kier molecular flexibility index (Phi) is 5.89. The zero-order chi connectivity index (χ0) is 20.1. The van der Waals surface area contributed by atoms with Gasteiger partial charge in [-0.1, -0.05) is 43.2 Å². The number of rotatable bonds is 7. The first-order valence-electron chi connectivity index (χ1n) is 10.0. The van der Waals surface area contributed by atoms with Gasteiger partial charge in [-0.25, -0.2) is 0 Å². The summed E-state index contributed by atoms with van der Waals surface area (Å²) in [5, 5.41) is 11.2. The molecule has 1 aliphatic carbocycles. The van der Waals surface area contributed by atoms with Gasteiger partial charge in [0.1, 0.15) is 5.75 Å². The van der Waals surface area contributed by atoms with E-state index in [4.69, 9.17) is 9.15 Å². The minimum absolute atomic E-state index is 0.00141. The summed E-state index contributed by atoms with van der Waals surface area (Å²) in [4.78, 5) is 13.1. The Balaban J connectivity index is 1.46. The lowest BCUT2D eigenvalue weighted by atomic mass is 9.84. The predicted octanol–water partition coefficient (Wildman–Crippen LogP) is 4.34. The highest BCUT2D eigenvalue weighted by atomic mass is 16.5. The molecule has 4 rings (SSSR count). The molecule has 29 heavy (non-hydrogen) atoms. The van der Waals surface area contributed by atoms with Crippen LogP contribution >= 0.6 is 0 Å². The van der Waals surface area contributed by atoms with Crippen molar-refractivity contribution in [1.82, 2.24) is 15.5 Å². The van der Waals surface area contributed by atoms with Crippen LogP contribution in [0.15, 0.2) is 59.0 Å². The summed E-state index contributed by atoms with van der Waals surface area (Å²) in [6, 6.07) is 17.4. The number of hydrogen-bond donors (Lipinski definition) is 1. The van der Waals surface area contributed by atoms with Gasteiger partial charge in [0.05, 0.1) is 19.6 Å². The molecule has 1 saturated carbocycles. The largest absolute Gasteiger partial charge is 0.497 e. The first-order chi connectivity index (χ1) is 14.2. The zero-order valence-corrected chi connectivity index (χ0v) is 16.5. The van der Waals surface area contributed by atoms with Crippen molar-refractivity contribution >= 4 is 5.91 Å². The molecule has 6 heteroatoms. The molecule has 0 radical (unpaired) electrons. The Labute approximate surface area is 170 Å². The number of nitrogens with one attached hydrogen (secondary N) is 1. The first kappa shape index (κ1) is 19.2. The van der Waals surface area contributed by atoms with E-state index < -0.39 is 0 Å². The molecule has 3 aromatic rings. The number of carbonyl (C=O) groups is 1. The molecule has 1 N–H and O–H groups in total. The number of hydrogen-bond acceptors (Lipinski definition) is 5. The van der Waals surface area contributed by atoms with E-state index in [1.165, 1.54) is 12.8 Å². The van der Waals surface area contributed by atoms with Gasteiger partial charge in [-0.15, -0.1) is 10.2 Å². The molecular weight excluding hydrogens is 366 g/mol. The van der Waals surface area contributed by atoms with Gasteiger partial charge in [-0.05, 0) is 48.6 Å². The monoisotopic (exact) mass is 391 g/mol. The summed E-state index contributed by atoms with van der Waals surface area (Å²) in [5.74, 6) is 1.82. The molecule has 1 unspecified atom stereocenters. The van der Waals surface area contributed by atoms with E-state index >= 15 is 0 Å². The van der Waals surface area contributed by atoms with Crippen LogP contribution in [-0.4, -0.2) is 23.2 Å². The summed E-state index contributed by atoms with van der Waals surface area (Å²) in [7, 11) is 1.64. The summed E-state index contributed by atoms with van der Waals surface area (Å²) in [6.45, 7) is 0.220. The van der Waals surface area contributed by atoms with Crippen molar-refractivity contribution < 1.29 is 13.9 Å². The van der Waals surface area contributed by atoms with E-state index in [0.29, 0.717) is 17.7 Å². The van der Waals surface area contributed by atoms with Crippen molar-refractivity contribution in [2.75, 3.05) is 7.11 Å². The van der Waals surface area contributed by atoms with E-state index in [9.17, 15) is 4.79 Å². The number of nitrogens with zero attached hydrogens (tertiary/aromatic N) is 2. The molecule has 2 aromatic carbocycles. The van der Waals surface area contributed by atoms with Crippen molar-refractivity contribution in [3.8, 4) is 17.2 Å². The number of ether oxygens (including phenoxy) is 1. The molecule has 1 fully saturated rings. The van der Waals surface area contributed by atoms with Crippen molar-refractivity contribution in [3.05, 3.63) is 66.1 Å². The maximum absolute atomic E-state index is 13.1. The topological polar surface area (TPSA) is 77.2 Å². The number of carbonyl (C=O) groups excluding carboxylic acids is 1. The van der Waals surface area contributed by atoms with Crippen LogP contribution in [0, 0.1) is 5.92 Å². The average molecular weight is 391 g/mol. The van der Waals surface area contributed by atoms with Crippen molar-refractivity contribution in [2.24, 2.45) is 5.92 Å². The summed E-state index contributed by atoms with van der Waals surface area (Å²) in [6.07, 6.45) is 4.50. The van der Waals surface area contributed by atoms with Gasteiger partial charge in [-0.3, -0.25) is 4.79 Å². The quantitative estimate of drug-likeness (QED) is 0.648. The Morgan fingerprint density at radius 2 is 1.83 bits per heavy atom. The molecule has 1 amide bonds. The first-order valence-corrected chi connectivity index (χ1v) is 10.0. The van der Waals surface area contributed by atoms with Crippen molar-refractivity contribution in [2.45, 2.75) is 38.1 Å². The Morgan fingerprint density at radius 1 is 1.10 bits per heavy atom. The Hall–Kier alpha value is -3.15. The number of benzene rings is 2. The molecule has 1 heterocycles. The molecule has 0 spiro atoms. The zero-order valence-electron chi connectivity index (χ0n) is 16.5. The molecule has 1 aromatic heterocycles. The van der Waals surface area contributed by atoms with E-state index in [1.807, 2.05) is 54.6 Å². The van der Waals surface area contributed by atoms with Gasteiger partial charge in [0.15, 0.2) is 0 Å². The smallest absolute Gasteiger partial charge is 0.247 e. The van der Waals surface area contributed by atoms with E-state index in [-0.39, 0.29) is 18.4 Å². The summed E-state index contributed by atoms with van der Waals surface area (Å²) >= 11 is 0. The van der Waals surface area contributed by atoms with Crippen LogP contribution in [0.3, 0.4) is 0 Å². The third-order valence-electron chi connectivity index (χ3n) is 5.53. The highest BCUT2D eigenvalue weighted by molar-refractivity contribution is 5.84. The standard InChI is InChI=1S/C23H25N3O3/c1-28-19-13-11-17(12-14-19)21(16-7-5-6-8-16)22(27)24-15-20-25-26-23(29-20)18-9-3-2-4-10-18/h2-4,9-14,16,21H,5-8,15H2,1H3,(H,24,27). The van der Waals surface area contributed by atoms with Crippen LogP contribution in [0.25, 0.3) is 11.5 Å². The second kappa shape index (κ2) is 8.90. The molecule has 0 saturated heterocycles. The minimum atomic E-state index is -0.181. The van der Waals surface area contributed by atoms with Gasteiger partial charge < -0.3 is 14.5 Å². The van der Waals surface area contributed by atoms with E-state index in [2.05, 4.69) is 15.5 Å². The second-order valence-electron chi connectivity index (χ2n) is 7.38. The van der Waals surface area contributed by atoms with Crippen LogP contribution in [-0.2, 0) is 11.3 Å². The fourth-order valence-electron chi connectivity index (χ4n) is 4.03. The molecule has 0 aliphatic heterocycles. The van der Waals surface area contributed by atoms with Gasteiger partial charge in [0.25, 0.3) is 0 Å². The molecule has 1 aliphatic rings. The highest BCUT2D eigenvalue weighted by Crippen LogP contribution is 2.38. The molecule has 6 nitrogen and oxygen atoms in total. The predicted molar refractivity (Wildman–Crippen MR) is 109 cm³/mol. The number of amides is 1. The Bertz CT molecular complexity index is 932. The third kappa shape index (κ3) is 4.47. The SMILES string of the molecule is COc1ccc(C(C(=O)NCc2nnc(-c3ccccc3)o2)C2CCCC2)cc1. The Morgan fingerprint density at radius 3 is 2.52 bits per heavy atom. The van der Waals surface area contributed by atoms with E-state index in [0.717, 1.165) is 29.7 Å².